The molecule has 3 aromatic carbocycles. The smallest absolute Gasteiger partial charge is 0.260 e. The van der Waals surface area contributed by atoms with Gasteiger partial charge in [-0.25, -0.2) is 8.42 Å². The van der Waals surface area contributed by atoms with Gasteiger partial charge in [0.25, 0.3) is 5.91 Å². The Balaban J connectivity index is 1.53. The third-order valence-corrected chi connectivity index (χ3v) is 9.16. The summed E-state index contributed by atoms with van der Waals surface area (Å²) in [7, 11) is -3.95. The summed E-state index contributed by atoms with van der Waals surface area (Å²) in [6, 6.07) is 18.7. The van der Waals surface area contributed by atoms with Crippen LogP contribution in [0.15, 0.2) is 65.6 Å². The summed E-state index contributed by atoms with van der Waals surface area (Å²) in [6.07, 6.45) is 1.81. The number of sulfone groups is 1. The van der Waals surface area contributed by atoms with Crippen molar-refractivity contribution in [2.24, 2.45) is 0 Å². The van der Waals surface area contributed by atoms with E-state index in [9.17, 15) is 18.0 Å². The van der Waals surface area contributed by atoms with Gasteiger partial charge in [-0.2, -0.15) is 0 Å². The molecule has 1 saturated carbocycles. The molecule has 0 bridgehead atoms. The first-order chi connectivity index (χ1) is 15.7. The number of hydrogen-bond acceptors (Lipinski definition) is 4. The van der Waals surface area contributed by atoms with Crippen molar-refractivity contribution in [2.75, 3.05) is 0 Å². The van der Waals surface area contributed by atoms with Crippen LogP contribution >= 0.6 is 0 Å². The van der Waals surface area contributed by atoms with Crippen LogP contribution in [-0.4, -0.2) is 25.0 Å². The van der Waals surface area contributed by atoms with Crippen molar-refractivity contribution in [1.82, 2.24) is 10.9 Å². The van der Waals surface area contributed by atoms with Crippen LogP contribution in [0.4, 0.5) is 0 Å². The standard InChI is InChI=1S/C26H28N2O4S/c1-18-12-13-19(2)23(16-18)33(31,32)26(14-5-6-15-26)25(30)28-27-24(29)17-21-10-7-9-20-8-3-4-11-22(20)21/h3-4,7-13,16H,5-6,14-15,17H2,1-2H3,(H,27,29)(H,28,30). The lowest BCUT2D eigenvalue weighted by Crippen LogP contribution is -2.55. The molecule has 1 aliphatic carbocycles. The average molecular weight is 465 g/mol. The summed E-state index contributed by atoms with van der Waals surface area (Å²) < 4.78 is 25.8. The van der Waals surface area contributed by atoms with E-state index < -0.39 is 26.4 Å². The molecule has 4 rings (SSSR count). The van der Waals surface area contributed by atoms with Crippen molar-refractivity contribution in [2.45, 2.75) is 55.6 Å². The third-order valence-electron chi connectivity index (χ3n) is 6.52. The topological polar surface area (TPSA) is 92.3 Å². The number of hydrogen-bond donors (Lipinski definition) is 2. The normalized spacial score (nSPS) is 15.3. The molecule has 0 unspecified atom stereocenters. The Kier molecular flexibility index (Phi) is 6.26. The SMILES string of the molecule is Cc1ccc(C)c(S(=O)(=O)C2(C(=O)NNC(=O)Cc3cccc4ccccc34)CCCC2)c1. The monoisotopic (exact) mass is 464 g/mol. The van der Waals surface area contributed by atoms with Crippen molar-refractivity contribution < 1.29 is 18.0 Å². The average Bonchev–Trinajstić information content (AvgIpc) is 3.31. The Morgan fingerprint density at radius 1 is 0.909 bits per heavy atom. The Labute approximate surface area is 194 Å². The molecule has 172 valence electrons. The molecule has 0 aromatic heterocycles. The number of nitrogens with one attached hydrogen (secondary N) is 2. The fraction of sp³-hybridized carbons (Fsp3) is 0.308. The first-order valence-corrected chi connectivity index (χ1v) is 12.6. The summed E-state index contributed by atoms with van der Waals surface area (Å²) in [5.74, 6) is -1.08. The van der Waals surface area contributed by atoms with E-state index in [0.717, 1.165) is 21.9 Å². The fourth-order valence-electron chi connectivity index (χ4n) is 4.68. The maximum Gasteiger partial charge on any atom is 0.260 e. The van der Waals surface area contributed by atoms with Gasteiger partial charge in [-0.1, -0.05) is 67.4 Å². The van der Waals surface area contributed by atoms with Gasteiger partial charge in [0, 0.05) is 0 Å². The van der Waals surface area contributed by atoms with Gasteiger partial charge in [-0.3, -0.25) is 20.4 Å². The van der Waals surface area contributed by atoms with Crippen molar-refractivity contribution in [3.8, 4) is 0 Å². The van der Waals surface area contributed by atoms with Crippen LogP contribution in [-0.2, 0) is 25.8 Å². The van der Waals surface area contributed by atoms with E-state index >= 15 is 0 Å². The first kappa shape index (κ1) is 23.0. The van der Waals surface area contributed by atoms with Crippen molar-refractivity contribution in [1.29, 1.82) is 0 Å². The highest BCUT2D eigenvalue weighted by Gasteiger charge is 2.53. The van der Waals surface area contributed by atoms with Crippen LogP contribution in [0.5, 0.6) is 0 Å². The Morgan fingerprint density at radius 3 is 2.36 bits per heavy atom. The van der Waals surface area contributed by atoms with Crippen molar-refractivity contribution in [3.05, 3.63) is 77.4 Å². The highest BCUT2D eigenvalue weighted by Crippen LogP contribution is 2.41. The molecule has 0 saturated heterocycles. The van der Waals surface area contributed by atoms with Crippen molar-refractivity contribution in [3.63, 3.8) is 0 Å². The minimum atomic E-state index is -3.95. The van der Waals surface area contributed by atoms with Gasteiger partial charge in [-0.15, -0.1) is 0 Å². The van der Waals surface area contributed by atoms with Gasteiger partial charge < -0.3 is 0 Å². The minimum absolute atomic E-state index is 0.0678. The van der Waals surface area contributed by atoms with Gasteiger partial charge in [-0.05, 0) is 60.2 Å². The predicted octanol–water partition coefficient (Wildman–Crippen LogP) is 3.93. The fourth-order valence-corrected chi connectivity index (χ4v) is 7.05. The van der Waals surface area contributed by atoms with Gasteiger partial charge in [0.1, 0.15) is 0 Å². The second-order valence-corrected chi connectivity index (χ2v) is 11.0. The van der Waals surface area contributed by atoms with Crippen molar-refractivity contribution >= 4 is 32.4 Å². The Hall–Kier alpha value is -3.19. The summed E-state index contributed by atoms with van der Waals surface area (Å²) in [4.78, 5) is 26.1. The summed E-state index contributed by atoms with van der Waals surface area (Å²) in [5, 5.41) is 1.99. The maximum absolute atomic E-state index is 13.7. The van der Waals surface area contributed by atoms with Crippen LogP contribution in [0.1, 0.15) is 42.4 Å². The minimum Gasteiger partial charge on any atom is -0.273 e. The number of benzene rings is 3. The number of fused-ring (bicyclic) bond motifs is 1. The molecule has 7 heteroatoms. The lowest BCUT2D eigenvalue weighted by atomic mass is 10.0. The van der Waals surface area contributed by atoms with Crippen LogP contribution in [0, 0.1) is 13.8 Å². The molecular formula is C26H28N2O4S. The second-order valence-electron chi connectivity index (χ2n) is 8.79. The molecule has 0 heterocycles. The van der Waals surface area contributed by atoms with Crippen LogP contribution in [0.3, 0.4) is 0 Å². The molecule has 0 atom stereocenters. The summed E-state index contributed by atoms with van der Waals surface area (Å²) in [5.41, 5.74) is 7.13. The molecular weight excluding hydrogens is 436 g/mol. The second kappa shape index (κ2) is 8.98. The number of hydrazine groups is 1. The van der Waals surface area contributed by atoms with E-state index in [1.54, 1.807) is 19.1 Å². The Bertz CT molecular complexity index is 1320. The summed E-state index contributed by atoms with van der Waals surface area (Å²) in [6.45, 7) is 3.56. The molecule has 1 aliphatic rings. The molecule has 0 spiro atoms. The Morgan fingerprint density at radius 2 is 1.61 bits per heavy atom. The largest absolute Gasteiger partial charge is 0.273 e. The molecule has 6 nitrogen and oxygen atoms in total. The molecule has 33 heavy (non-hydrogen) atoms. The maximum atomic E-state index is 13.7. The zero-order valence-electron chi connectivity index (χ0n) is 18.9. The van der Waals surface area contributed by atoms with Crippen LogP contribution < -0.4 is 10.9 Å². The first-order valence-electron chi connectivity index (χ1n) is 11.1. The highest BCUT2D eigenvalue weighted by molar-refractivity contribution is 7.93. The molecule has 1 fully saturated rings. The quantitative estimate of drug-likeness (QED) is 0.560. The molecule has 3 aromatic rings. The molecule has 0 aliphatic heterocycles. The van der Waals surface area contributed by atoms with Gasteiger partial charge in [0.15, 0.2) is 14.6 Å². The van der Waals surface area contributed by atoms with Gasteiger partial charge >= 0.3 is 0 Å². The number of carbonyl (C=O) groups excluding carboxylic acids is 2. The van der Waals surface area contributed by atoms with Gasteiger partial charge in [0.2, 0.25) is 5.91 Å². The van der Waals surface area contributed by atoms with E-state index in [1.807, 2.05) is 55.5 Å². The van der Waals surface area contributed by atoms with E-state index in [-0.39, 0.29) is 24.2 Å². The van der Waals surface area contributed by atoms with E-state index in [1.165, 1.54) is 0 Å². The molecule has 2 N–H and O–H groups in total. The molecule has 2 amide bonds. The molecule has 0 radical (unpaired) electrons. The summed E-state index contributed by atoms with van der Waals surface area (Å²) >= 11 is 0. The van der Waals surface area contributed by atoms with E-state index in [0.29, 0.717) is 18.4 Å². The lowest BCUT2D eigenvalue weighted by Gasteiger charge is -2.28. The highest BCUT2D eigenvalue weighted by atomic mass is 32.2. The third kappa shape index (κ3) is 4.25. The number of amides is 2. The van der Waals surface area contributed by atoms with E-state index in [2.05, 4.69) is 10.9 Å². The van der Waals surface area contributed by atoms with E-state index in [4.69, 9.17) is 0 Å². The zero-order chi connectivity index (χ0) is 23.6. The predicted molar refractivity (Wildman–Crippen MR) is 128 cm³/mol. The zero-order valence-corrected chi connectivity index (χ0v) is 19.7. The number of aryl methyl sites for hydroxylation is 2. The lowest BCUT2D eigenvalue weighted by molar-refractivity contribution is -0.130. The van der Waals surface area contributed by atoms with Crippen LogP contribution in [0.25, 0.3) is 10.8 Å². The number of carbonyl (C=O) groups is 2. The number of rotatable bonds is 5. The van der Waals surface area contributed by atoms with Gasteiger partial charge in [0.05, 0.1) is 11.3 Å². The van der Waals surface area contributed by atoms with Crippen LogP contribution in [0.2, 0.25) is 0 Å².